The maximum atomic E-state index is 11.7. The number of carbonyl (C=O) groups is 1. The molecule has 13 heteroatoms. The van der Waals surface area contributed by atoms with Crippen LogP contribution in [0.1, 0.15) is 258 Å². The fourth-order valence-electron chi connectivity index (χ4n) is 7.06. The normalized spacial score (nSPS) is 11.9. The molecule has 348 valence electrons. The molecule has 0 fully saturated rings. The fraction of sp³-hybridized carbons (Fsp3) is 0.957. The Balaban J connectivity index is -0.00000105. The second-order valence-electron chi connectivity index (χ2n) is 16.7. The molecule has 0 bridgehead atoms. The van der Waals surface area contributed by atoms with Crippen molar-refractivity contribution in [3.05, 3.63) is 0 Å². The van der Waals surface area contributed by atoms with Crippen LogP contribution in [0.15, 0.2) is 4.99 Å². The van der Waals surface area contributed by atoms with Gasteiger partial charge in [-0.3, -0.25) is 9.35 Å². The van der Waals surface area contributed by atoms with E-state index in [0.717, 1.165) is 25.7 Å². The maximum absolute atomic E-state index is 11.7. The van der Waals surface area contributed by atoms with Crippen LogP contribution in [0.3, 0.4) is 0 Å². The van der Waals surface area contributed by atoms with Gasteiger partial charge in [0.1, 0.15) is 0 Å². The molecule has 0 aromatic carbocycles. The molecule has 0 aromatic rings. The summed E-state index contributed by atoms with van der Waals surface area (Å²) in [7, 11) is -8.02. The van der Waals surface area contributed by atoms with E-state index in [4.69, 9.17) is 4.55 Å². The van der Waals surface area contributed by atoms with Crippen LogP contribution in [-0.2, 0) is 25.0 Å². The molecule has 0 rings (SSSR count). The van der Waals surface area contributed by atoms with E-state index in [1.54, 1.807) is 0 Å². The first-order valence-electron chi connectivity index (χ1n) is 24.3. The molecule has 1 amide bonds. The first kappa shape index (κ1) is 63.3. The van der Waals surface area contributed by atoms with Crippen molar-refractivity contribution in [2.75, 3.05) is 24.6 Å². The van der Waals surface area contributed by atoms with Crippen LogP contribution < -0.4 is 10.4 Å². The molecule has 0 aliphatic heterocycles. The molecule has 0 heterocycles. The predicted molar refractivity (Wildman–Crippen MR) is 249 cm³/mol. The van der Waals surface area contributed by atoms with E-state index in [0.29, 0.717) is 45.2 Å². The molecule has 0 unspecified atom stereocenters. The molecular weight excluding hydrogens is 813 g/mol. The summed E-state index contributed by atoms with van der Waals surface area (Å²) in [5.74, 6) is -0.653. The molecule has 0 spiro atoms. The zero-order valence-electron chi connectivity index (χ0n) is 38.5. The predicted octanol–water partition coefficient (Wildman–Crippen LogP) is 11.8. The summed E-state index contributed by atoms with van der Waals surface area (Å²) in [5.41, 5.74) is 0. The van der Waals surface area contributed by atoms with E-state index in [1.165, 1.54) is 180 Å². The first-order valence-corrected chi connectivity index (χ1v) is 27.5. The Labute approximate surface area is 395 Å². The maximum Gasteiger partial charge on any atom is 2.00 e. The van der Waals surface area contributed by atoms with Crippen molar-refractivity contribution in [1.29, 1.82) is 0 Å². The molecular formula is C46H92CaN2O8S2. The molecule has 2 N–H and O–H groups in total. The first-order chi connectivity index (χ1) is 27.9. The van der Waals surface area contributed by atoms with Gasteiger partial charge in [0.25, 0.3) is 10.1 Å². The van der Waals surface area contributed by atoms with Gasteiger partial charge in [0.15, 0.2) is 0 Å². The second kappa shape index (κ2) is 49.0. The van der Waals surface area contributed by atoms with Gasteiger partial charge in [-0.15, -0.1) is 0 Å². The number of amides is 1. The van der Waals surface area contributed by atoms with E-state index < -0.39 is 20.2 Å². The summed E-state index contributed by atoms with van der Waals surface area (Å²) in [6.45, 7) is 5.34. The Hall–Kier alpha value is 0.0197. The standard InChI is InChI=1S/2C23H47NO4S.Ca/c2*1-2-3-4-5-6-7-8-9-10-11-12-13-14-15-16-17-20-23(25)24-21-18-19-22-29(26,27)28;/h2*2-22H2,1H3,(H,24,25)(H,26,27,28);/q;;+2/p-2. The summed E-state index contributed by atoms with van der Waals surface area (Å²) in [5, 5.41) is 14.4. The number of nitrogens with one attached hydrogen (secondary N) is 1. The van der Waals surface area contributed by atoms with Gasteiger partial charge in [-0.05, 0) is 50.8 Å². The quantitative estimate of drug-likeness (QED) is 0.0200. The third-order valence-corrected chi connectivity index (χ3v) is 12.3. The molecule has 0 saturated carbocycles. The zero-order chi connectivity index (χ0) is 43.3. The number of aliphatic imine (C=N–C) groups is 1. The van der Waals surface area contributed by atoms with E-state index >= 15 is 0 Å². The van der Waals surface area contributed by atoms with Crippen LogP contribution in [0, 0.1) is 0 Å². The monoisotopic (exact) mass is 905 g/mol. The van der Waals surface area contributed by atoms with Gasteiger partial charge >= 0.3 is 37.7 Å². The SMILES string of the molecule is CCCCCCCCCCCCCCCCCCC(=O)NCCCCS(=O)(=O)O.CCCCCCCCCCCCCCCCCCC([O-])=NCCCCS(=O)(=O)[O-].[Ca+2]. The largest absolute Gasteiger partial charge is 2.00 e. The smallest absolute Gasteiger partial charge is 0.862 e. The summed E-state index contributed by atoms with van der Waals surface area (Å²) in [6, 6.07) is 0. The van der Waals surface area contributed by atoms with Gasteiger partial charge in [-0.25, -0.2) is 8.42 Å². The Bertz CT molecular complexity index is 1120. The minimum absolute atomic E-state index is 0. The molecule has 59 heavy (non-hydrogen) atoms. The van der Waals surface area contributed by atoms with Crippen molar-refractivity contribution < 1.29 is 35.8 Å². The van der Waals surface area contributed by atoms with E-state index in [9.17, 15) is 31.3 Å². The van der Waals surface area contributed by atoms with Crippen molar-refractivity contribution in [1.82, 2.24) is 5.32 Å². The van der Waals surface area contributed by atoms with Gasteiger partial charge in [-0.1, -0.05) is 206 Å². The third kappa shape index (κ3) is 62.4. The van der Waals surface area contributed by atoms with Crippen LogP contribution in [0.25, 0.3) is 0 Å². The van der Waals surface area contributed by atoms with Crippen LogP contribution in [-0.4, -0.2) is 100 Å². The van der Waals surface area contributed by atoms with Crippen LogP contribution in [0.5, 0.6) is 0 Å². The molecule has 0 aliphatic carbocycles. The number of carbonyl (C=O) groups excluding carboxylic acids is 1. The molecule has 0 aromatic heterocycles. The number of unbranched alkanes of at least 4 members (excludes halogenated alkanes) is 32. The number of rotatable bonds is 44. The van der Waals surface area contributed by atoms with Crippen molar-refractivity contribution in [2.45, 2.75) is 258 Å². The minimum Gasteiger partial charge on any atom is -0.862 e. The number of hydrogen-bond acceptors (Lipinski definition) is 8. The van der Waals surface area contributed by atoms with E-state index in [1.807, 2.05) is 0 Å². The minimum atomic E-state index is -4.14. The average Bonchev–Trinajstić information content (AvgIpc) is 3.16. The Kier molecular flexibility index (Phi) is 52.6. The second-order valence-corrected chi connectivity index (χ2v) is 19.8. The van der Waals surface area contributed by atoms with E-state index in [2.05, 4.69) is 24.2 Å². The Morgan fingerprint density at radius 2 is 0.797 bits per heavy atom. The van der Waals surface area contributed by atoms with Gasteiger partial charge in [0.2, 0.25) is 5.91 Å². The number of nitrogens with zero attached hydrogens (tertiary/aromatic N) is 1. The van der Waals surface area contributed by atoms with Gasteiger partial charge in [-0.2, -0.15) is 8.42 Å². The van der Waals surface area contributed by atoms with Gasteiger partial charge in [0.05, 0.1) is 15.9 Å². The number of hydrogen-bond donors (Lipinski definition) is 2. The molecule has 0 aliphatic rings. The third-order valence-electron chi connectivity index (χ3n) is 10.7. The zero-order valence-corrected chi connectivity index (χ0v) is 42.3. The van der Waals surface area contributed by atoms with Crippen molar-refractivity contribution in [3.63, 3.8) is 0 Å². The topological polar surface area (TPSA) is 176 Å². The fourth-order valence-corrected chi connectivity index (χ4v) is 8.18. The van der Waals surface area contributed by atoms with Crippen molar-refractivity contribution >= 4 is 69.8 Å². The summed E-state index contributed by atoms with van der Waals surface area (Å²) in [4.78, 5) is 15.6. The summed E-state index contributed by atoms with van der Waals surface area (Å²) in [6.07, 6.45) is 44.9. The van der Waals surface area contributed by atoms with Crippen LogP contribution >= 0.6 is 0 Å². The molecule has 0 atom stereocenters. The Morgan fingerprint density at radius 3 is 1.14 bits per heavy atom. The van der Waals surface area contributed by atoms with Gasteiger partial charge in [0, 0.05) is 25.3 Å². The molecule has 0 saturated heterocycles. The summed E-state index contributed by atoms with van der Waals surface area (Å²) >= 11 is 0. The van der Waals surface area contributed by atoms with Crippen molar-refractivity contribution in [2.24, 2.45) is 4.99 Å². The van der Waals surface area contributed by atoms with Crippen molar-refractivity contribution in [3.8, 4) is 0 Å². The van der Waals surface area contributed by atoms with E-state index in [-0.39, 0.29) is 67.5 Å². The molecule has 10 nitrogen and oxygen atoms in total. The Morgan fingerprint density at radius 1 is 0.475 bits per heavy atom. The van der Waals surface area contributed by atoms with Gasteiger partial charge < -0.3 is 20.0 Å². The summed E-state index contributed by atoms with van der Waals surface area (Å²) < 4.78 is 61.1. The average molecular weight is 905 g/mol. The van der Waals surface area contributed by atoms with Crippen LogP contribution in [0.2, 0.25) is 0 Å². The molecule has 0 radical (unpaired) electrons. The van der Waals surface area contributed by atoms with Crippen LogP contribution in [0.4, 0.5) is 0 Å².